The van der Waals surface area contributed by atoms with Gasteiger partial charge in [-0.05, 0) is 18.4 Å². The number of ether oxygens (including phenoxy) is 2. The molecule has 0 aliphatic heterocycles. The molecule has 2 rings (SSSR count). The highest BCUT2D eigenvalue weighted by molar-refractivity contribution is 5.57. The fourth-order valence-corrected chi connectivity index (χ4v) is 2.03. The highest BCUT2D eigenvalue weighted by atomic mass is 16.5. The minimum Gasteiger partial charge on any atom is -0.479 e. The van der Waals surface area contributed by atoms with E-state index in [9.17, 15) is 0 Å². The Kier molecular flexibility index (Phi) is 4.02. The largest absolute Gasteiger partial charge is 0.479 e. The molecule has 1 heterocycles. The number of rotatable bonds is 3. The number of hydrogen-bond donors (Lipinski definition) is 1. The minimum absolute atomic E-state index is 0.0484. The fraction of sp³-hybridized carbons (Fsp3) is 0.375. The van der Waals surface area contributed by atoms with Crippen LogP contribution in [0.4, 0.5) is 5.69 Å². The predicted molar refractivity (Wildman–Crippen MR) is 82.9 cm³/mol. The Morgan fingerprint density at radius 2 is 1.76 bits per heavy atom. The summed E-state index contributed by atoms with van der Waals surface area (Å²) in [5, 5.41) is 0. The molecule has 0 spiro atoms. The third kappa shape index (κ3) is 3.24. The van der Waals surface area contributed by atoms with Gasteiger partial charge in [0.15, 0.2) is 5.69 Å². The van der Waals surface area contributed by atoms with Crippen LogP contribution in [0.15, 0.2) is 24.5 Å². The third-order valence-electron chi connectivity index (χ3n) is 3.15. The second-order valence-corrected chi connectivity index (χ2v) is 5.95. The Labute approximate surface area is 125 Å². The molecule has 1 aromatic heterocycles. The molecule has 0 fully saturated rings. The van der Waals surface area contributed by atoms with Crippen LogP contribution in [0.25, 0.3) is 0 Å². The number of methoxy groups -OCH3 is 1. The van der Waals surface area contributed by atoms with Crippen molar-refractivity contribution in [2.24, 2.45) is 0 Å². The van der Waals surface area contributed by atoms with Gasteiger partial charge < -0.3 is 15.2 Å². The van der Waals surface area contributed by atoms with E-state index in [4.69, 9.17) is 15.2 Å². The summed E-state index contributed by atoms with van der Waals surface area (Å²) in [4.78, 5) is 8.04. The summed E-state index contributed by atoms with van der Waals surface area (Å²) in [5.74, 6) is 1.35. The zero-order valence-electron chi connectivity index (χ0n) is 13.1. The van der Waals surface area contributed by atoms with Crippen LogP contribution in [-0.4, -0.2) is 17.1 Å². The lowest BCUT2D eigenvalue weighted by molar-refractivity contribution is 0.389. The lowest BCUT2D eigenvalue weighted by Crippen LogP contribution is -2.13. The summed E-state index contributed by atoms with van der Waals surface area (Å²) in [7, 11) is 1.51. The lowest BCUT2D eigenvalue weighted by Gasteiger charge is -2.23. The van der Waals surface area contributed by atoms with E-state index >= 15 is 0 Å². The highest BCUT2D eigenvalue weighted by Crippen LogP contribution is 2.37. The number of aryl methyl sites for hydroxylation is 1. The first-order valence-corrected chi connectivity index (χ1v) is 6.76. The summed E-state index contributed by atoms with van der Waals surface area (Å²) in [6.07, 6.45) is 1.37. The summed E-state index contributed by atoms with van der Waals surface area (Å²) in [6.45, 7) is 8.47. The number of hydrogen-bond acceptors (Lipinski definition) is 5. The molecule has 0 aliphatic carbocycles. The summed E-state index contributed by atoms with van der Waals surface area (Å²) in [6, 6.07) is 6.05. The van der Waals surface area contributed by atoms with E-state index in [0.29, 0.717) is 17.4 Å². The molecule has 0 unspecified atom stereocenters. The zero-order chi connectivity index (χ0) is 15.6. The Morgan fingerprint density at radius 3 is 2.38 bits per heavy atom. The van der Waals surface area contributed by atoms with Crippen molar-refractivity contribution in [1.29, 1.82) is 0 Å². The van der Waals surface area contributed by atoms with Crippen molar-refractivity contribution in [2.75, 3.05) is 12.8 Å². The summed E-state index contributed by atoms with van der Waals surface area (Å²) >= 11 is 0. The first-order chi connectivity index (χ1) is 9.82. The van der Waals surface area contributed by atoms with Gasteiger partial charge in [-0.1, -0.05) is 38.5 Å². The predicted octanol–water partition coefficient (Wildman–Crippen LogP) is 3.47. The molecule has 0 radical (unpaired) electrons. The van der Waals surface area contributed by atoms with Gasteiger partial charge in [-0.15, -0.1) is 0 Å². The van der Waals surface area contributed by atoms with Crippen LogP contribution in [-0.2, 0) is 5.41 Å². The number of benzene rings is 1. The number of anilines is 1. The average molecular weight is 287 g/mol. The standard InChI is InChI=1S/C16H21N3O2/c1-10-6-7-12(11(8-10)16(2,3)4)21-15-13(17)14(20-5)18-9-19-15/h6-9H,17H2,1-5H3. The molecule has 0 saturated carbocycles. The number of nitrogens with two attached hydrogens (primary N) is 1. The molecule has 1 aromatic carbocycles. The first kappa shape index (κ1) is 15.1. The normalized spacial score (nSPS) is 11.3. The molecule has 0 bridgehead atoms. The monoisotopic (exact) mass is 287 g/mol. The topological polar surface area (TPSA) is 70.3 Å². The Bertz CT molecular complexity index is 648. The van der Waals surface area contributed by atoms with Gasteiger partial charge in [-0.25, -0.2) is 0 Å². The third-order valence-corrected chi connectivity index (χ3v) is 3.15. The maximum atomic E-state index is 5.96. The van der Waals surface area contributed by atoms with Crippen LogP contribution >= 0.6 is 0 Å². The van der Waals surface area contributed by atoms with Crippen molar-refractivity contribution >= 4 is 5.69 Å². The highest BCUT2D eigenvalue weighted by Gasteiger charge is 2.21. The van der Waals surface area contributed by atoms with Gasteiger partial charge in [0.1, 0.15) is 12.1 Å². The maximum Gasteiger partial charge on any atom is 0.249 e. The van der Waals surface area contributed by atoms with E-state index in [1.807, 2.05) is 12.1 Å². The van der Waals surface area contributed by atoms with Crippen molar-refractivity contribution in [1.82, 2.24) is 9.97 Å². The van der Waals surface area contributed by atoms with Gasteiger partial charge in [0, 0.05) is 5.56 Å². The van der Waals surface area contributed by atoms with Crippen molar-refractivity contribution in [3.05, 3.63) is 35.7 Å². The molecule has 2 N–H and O–H groups in total. The summed E-state index contributed by atoms with van der Waals surface area (Å²) < 4.78 is 11.0. The van der Waals surface area contributed by atoms with Crippen molar-refractivity contribution in [3.63, 3.8) is 0 Å². The van der Waals surface area contributed by atoms with Crippen LogP contribution in [0.1, 0.15) is 31.9 Å². The maximum absolute atomic E-state index is 5.96. The van der Waals surface area contributed by atoms with E-state index in [2.05, 4.69) is 43.7 Å². The van der Waals surface area contributed by atoms with Gasteiger partial charge in [0.25, 0.3) is 0 Å². The molecular weight excluding hydrogens is 266 g/mol. The van der Waals surface area contributed by atoms with Crippen LogP contribution in [0, 0.1) is 6.92 Å². The van der Waals surface area contributed by atoms with Crippen LogP contribution in [0.5, 0.6) is 17.5 Å². The molecule has 0 saturated heterocycles. The average Bonchev–Trinajstić information content (AvgIpc) is 2.42. The van der Waals surface area contributed by atoms with Gasteiger partial charge in [-0.3, -0.25) is 0 Å². The fourth-order valence-electron chi connectivity index (χ4n) is 2.03. The Balaban J connectivity index is 2.45. The zero-order valence-corrected chi connectivity index (χ0v) is 13.1. The van der Waals surface area contributed by atoms with Crippen LogP contribution in [0.2, 0.25) is 0 Å². The van der Waals surface area contributed by atoms with Gasteiger partial charge in [0.05, 0.1) is 7.11 Å². The molecule has 21 heavy (non-hydrogen) atoms. The van der Waals surface area contributed by atoms with Gasteiger partial charge in [-0.2, -0.15) is 9.97 Å². The van der Waals surface area contributed by atoms with Crippen LogP contribution in [0.3, 0.4) is 0 Å². The molecule has 0 aliphatic rings. The molecular formula is C16H21N3O2. The van der Waals surface area contributed by atoms with Crippen molar-refractivity contribution in [3.8, 4) is 17.5 Å². The van der Waals surface area contributed by atoms with E-state index in [0.717, 1.165) is 11.3 Å². The van der Waals surface area contributed by atoms with E-state index in [1.54, 1.807) is 0 Å². The van der Waals surface area contributed by atoms with E-state index < -0.39 is 0 Å². The first-order valence-electron chi connectivity index (χ1n) is 6.76. The van der Waals surface area contributed by atoms with Crippen molar-refractivity contribution in [2.45, 2.75) is 33.1 Å². The molecule has 5 heteroatoms. The quantitative estimate of drug-likeness (QED) is 0.936. The van der Waals surface area contributed by atoms with Gasteiger partial charge in [0.2, 0.25) is 11.8 Å². The Hall–Kier alpha value is -2.30. The smallest absolute Gasteiger partial charge is 0.249 e. The molecule has 2 aromatic rings. The second-order valence-electron chi connectivity index (χ2n) is 5.95. The number of nitrogen functional groups attached to an aromatic ring is 1. The molecule has 0 atom stereocenters. The molecule has 112 valence electrons. The molecule has 0 amide bonds. The molecule has 5 nitrogen and oxygen atoms in total. The van der Waals surface area contributed by atoms with E-state index in [1.165, 1.54) is 19.0 Å². The van der Waals surface area contributed by atoms with Gasteiger partial charge >= 0.3 is 0 Å². The SMILES string of the molecule is COc1ncnc(Oc2ccc(C)cc2C(C)(C)C)c1N. The lowest BCUT2D eigenvalue weighted by atomic mass is 9.85. The van der Waals surface area contributed by atoms with Crippen LogP contribution < -0.4 is 15.2 Å². The van der Waals surface area contributed by atoms with E-state index in [-0.39, 0.29) is 5.41 Å². The number of aromatic nitrogens is 2. The Morgan fingerprint density at radius 1 is 1.10 bits per heavy atom. The van der Waals surface area contributed by atoms with Crippen molar-refractivity contribution < 1.29 is 9.47 Å². The minimum atomic E-state index is -0.0484. The summed E-state index contributed by atoms with van der Waals surface area (Å²) in [5.41, 5.74) is 8.48. The number of nitrogens with zero attached hydrogens (tertiary/aromatic N) is 2. The second kappa shape index (κ2) is 5.60.